The Morgan fingerprint density at radius 1 is 1.03 bits per heavy atom. The molecule has 0 radical (unpaired) electrons. The van der Waals surface area contributed by atoms with E-state index in [4.69, 9.17) is 16.3 Å². The second-order valence-corrected chi connectivity index (χ2v) is 8.96. The van der Waals surface area contributed by atoms with E-state index in [2.05, 4.69) is 10.0 Å². The topological polar surface area (TPSA) is 84.5 Å². The van der Waals surface area contributed by atoms with Crippen LogP contribution in [0.1, 0.15) is 21.5 Å². The van der Waals surface area contributed by atoms with Gasteiger partial charge in [0.2, 0.25) is 10.0 Å². The maximum absolute atomic E-state index is 13.0. The molecule has 0 spiro atoms. The lowest BCUT2D eigenvalue weighted by Crippen LogP contribution is -2.24. The van der Waals surface area contributed by atoms with Crippen LogP contribution in [-0.2, 0) is 22.7 Å². The number of amides is 1. The van der Waals surface area contributed by atoms with Gasteiger partial charge in [0.25, 0.3) is 5.91 Å². The highest BCUT2D eigenvalue weighted by Crippen LogP contribution is 2.34. The Bertz CT molecular complexity index is 1270. The molecule has 0 unspecified atom stereocenters. The fourth-order valence-electron chi connectivity index (χ4n) is 2.87. The summed E-state index contributed by atoms with van der Waals surface area (Å²) in [6, 6.07) is 14.9. The molecule has 0 fully saturated rings. The molecule has 1 amide bonds. The average molecular weight is 499 g/mol. The summed E-state index contributed by atoms with van der Waals surface area (Å²) in [6.07, 6.45) is -4.63. The highest BCUT2D eigenvalue weighted by atomic mass is 35.5. The van der Waals surface area contributed by atoms with Crippen LogP contribution >= 0.6 is 11.6 Å². The number of carbonyl (C=O) groups excluding carboxylic acids is 1. The number of halogens is 4. The number of alkyl halides is 3. The van der Waals surface area contributed by atoms with Crippen LogP contribution in [0.5, 0.6) is 5.75 Å². The van der Waals surface area contributed by atoms with Crippen LogP contribution in [0.25, 0.3) is 0 Å². The SMILES string of the molecule is COc1ccc(C(=O)Nc2cc(C(F)(F)F)ccc2Cl)cc1S(=O)(=O)NCc1ccccc1. The summed E-state index contributed by atoms with van der Waals surface area (Å²) in [4.78, 5) is 12.4. The molecule has 0 saturated carbocycles. The summed E-state index contributed by atoms with van der Waals surface area (Å²) in [7, 11) is -2.82. The Labute approximate surface area is 193 Å². The molecule has 0 bridgehead atoms. The lowest BCUT2D eigenvalue weighted by Gasteiger charge is -2.14. The van der Waals surface area contributed by atoms with Crippen molar-refractivity contribution >= 4 is 33.2 Å². The van der Waals surface area contributed by atoms with Crippen LogP contribution in [0.3, 0.4) is 0 Å². The number of sulfonamides is 1. The molecule has 6 nitrogen and oxygen atoms in total. The van der Waals surface area contributed by atoms with Gasteiger partial charge in [-0.25, -0.2) is 13.1 Å². The Balaban J connectivity index is 1.88. The standard InChI is InChI=1S/C22H18ClF3N2O4S/c1-32-19-10-7-15(11-20(19)33(30,31)27-13-14-5-3-2-4-6-14)21(29)28-18-12-16(22(24,25)26)8-9-17(18)23/h2-12,27H,13H2,1H3,(H,28,29). The van der Waals surface area contributed by atoms with Gasteiger partial charge in [0.1, 0.15) is 10.6 Å². The maximum atomic E-state index is 13.0. The van der Waals surface area contributed by atoms with E-state index in [0.29, 0.717) is 11.6 Å². The predicted molar refractivity (Wildman–Crippen MR) is 118 cm³/mol. The van der Waals surface area contributed by atoms with Crippen molar-refractivity contribution in [3.63, 3.8) is 0 Å². The van der Waals surface area contributed by atoms with Crippen LogP contribution in [0, 0.1) is 0 Å². The number of nitrogens with one attached hydrogen (secondary N) is 2. The number of ether oxygens (including phenoxy) is 1. The van der Waals surface area contributed by atoms with Crippen molar-refractivity contribution < 1.29 is 31.1 Å². The molecule has 174 valence electrons. The third-order valence-corrected chi connectivity index (χ3v) is 6.32. The fourth-order valence-corrected chi connectivity index (χ4v) is 4.25. The van der Waals surface area contributed by atoms with Crippen molar-refractivity contribution in [3.8, 4) is 5.75 Å². The van der Waals surface area contributed by atoms with Gasteiger partial charge in [-0.05, 0) is 42.0 Å². The van der Waals surface area contributed by atoms with Crippen molar-refractivity contribution in [2.24, 2.45) is 0 Å². The molecule has 33 heavy (non-hydrogen) atoms. The van der Waals surface area contributed by atoms with E-state index >= 15 is 0 Å². The van der Waals surface area contributed by atoms with Gasteiger partial charge in [-0.15, -0.1) is 0 Å². The Morgan fingerprint density at radius 3 is 2.36 bits per heavy atom. The maximum Gasteiger partial charge on any atom is 0.416 e. The van der Waals surface area contributed by atoms with Crippen LogP contribution in [0.4, 0.5) is 18.9 Å². The van der Waals surface area contributed by atoms with Crippen molar-refractivity contribution in [1.82, 2.24) is 4.72 Å². The van der Waals surface area contributed by atoms with Gasteiger partial charge in [-0.3, -0.25) is 4.79 Å². The molecule has 0 atom stereocenters. The van der Waals surface area contributed by atoms with Crippen LogP contribution < -0.4 is 14.8 Å². The zero-order chi connectivity index (χ0) is 24.2. The lowest BCUT2D eigenvalue weighted by atomic mass is 10.1. The largest absolute Gasteiger partial charge is 0.495 e. The first-order chi connectivity index (χ1) is 15.5. The summed E-state index contributed by atoms with van der Waals surface area (Å²) in [5, 5.41) is 2.18. The first-order valence-corrected chi connectivity index (χ1v) is 11.3. The van der Waals surface area contributed by atoms with Gasteiger partial charge in [0.05, 0.1) is 23.4 Å². The molecule has 0 aliphatic carbocycles. The molecule has 0 aromatic heterocycles. The summed E-state index contributed by atoms with van der Waals surface area (Å²) >= 11 is 5.92. The fraction of sp³-hybridized carbons (Fsp3) is 0.136. The first-order valence-electron chi connectivity index (χ1n) is 9.41. The molecule has 3 aromatic carbocycles. The van der Waals surface area contributed by atoms with Crippen molar-refractivity contribution in [2.75, 3.05) is 12.4 Å². The summed E-state index contributed by atoms with van der Waals surface area (Å²) in [5.41, 5.74) is -0.665. The third-order valence-electron chi connectivity index (χ3n) is 4.57. The van der Waals surface area contributed by atoms with Crippen molar-refractivity contribution in [1.29, 1.82) is 0 Å². The molecule has 0 aliphatic heterocycles. The number of carbonyl (C=O) groups is 1. The Morgan fingerprint density at radius 2 is 1.73 bits per heavy atom. The van der Waals surface area contributed by atoms with Gasteiger partial charge in [0.15, 0.2) is 0 Å². The van der Waals surface area contributed by atoms with E-state index in [-0.39, 0.29) is 33.5 Å². The molecule has 2 N–H and O–H groups in total. The number of rotatable bonds is 7. The first kappa shape index (κ1) is 24.6. The summed E-state index contributed by atoms with van der Waals surface area (Å²) in [5.74, 6) is -0.859. The Hall–Kier alpha value is -3.08. The zero-order valence-corrected chi connectivity index (χ0v) is 18.7. The average Bonchev–Trinajstić information content (AvgIpc) is 2.78. The molecule has 0 saturated heterocycles. The van der Waals surface area contributed by atoms with Gasteiger partial charge < -0.3 is 10.1 Å². The molecule has 3 aromatic rings. The number of hydrogen-bond donors (Lipinski definition) is 2. The van der Waals surface area contributed by atoms with Gasteiger partial charge in [-0.1, -0.05) is 41.9 Å². The second kappa shape index (κ2) is 9.82. The van der Waals surface area contributed by atoms with Crippen LogP contribution in [0.2, 0.25) is 5.02 Å². The van der Waals surface area contributed by atoms with Gasteiger partial charge in [-0.2, -0.15) is 13.2 Å². The molecular formula is C22H18ClF3N2O4S. The monoisotopic (exact) mass is 498 g/mol. The van der Waals surface area contributed by atoms with E-state index in [0.717, 1.165) is 18.2 Å². The van der Waals surface area contributed by atoms with E-state index in [1.54, 1.807) is 30.3 Å². The van der Waals surface area contributed by atoms with E-state index in [9.17, 15) is 26.4 Å². The smallest absolute Gasteiger partial charge is 0.416 e. The van der Waals surface area contributed by atoms with Crippen molar-refractivity contribution in [3.05, 3.63) is 88.4 Å². The molecule has 11 heteroatoms. The minimum Gasteiger partial charge on any atom is -0.495 e. The van der Waals surface area contributed by atoms with E-state index in [1.165, 1.54) is 19.2 Å². The third kappa shape index (κ3) is 6.04. The zero-order valence-electron chi connectivity index (χ0n) is 17.1. The van der Waals surface area contributed by atoms with E-state index < -0.39 is 27.7 Å². The minimum absolute atomic E-state index is 0.00257. The van der Waals surface area contributed by atoms with Crippen LogP contribution in [0.15, 0.2) is 71.6 Å². The van der Waals surface area contributed by atoms with Gasteiger partial charge >= 0.3 is 6.18 Å². The predicted octanol–water partition coefficient (Wildman–Crippen LogP) is 5.10. The number of hydrogen-bond acceptors (Lipinski definition) is 4. The number of methoxy groups -OCH3 is 1. The normalized spacial score (nSPS) is 11.8. The highest BCUT2D eigenvalue weighted by molar-refractivity contribution is 7.89. The molecular weight excluding hydrogens is 481 g/mol. The summed E-state index contributed by atoms with van der Waals surface area (Å²) < 4.78 is 72.2. The second-order valence-electron chi connectivity index (χ2n) is 6.82. The van der Waals surface area contributed by atoms with E-state index in [1.807, 2.05) is 0 Å². The van der Waals surface area contributed by atoms with Crippen LogP contribution in [-0.4, -0.2) is 21.4 Å². The lowest BCUT2D eigenvalue weighted by molar-refractivity contribution is -0.137. The number of anilines is 1. The minimum atomic E-state index is -4.63. The highest BCUT2D eigenvalue weighted by Gasteiger charge is 2.31. The summed E-state index contributed by atoms with van der Waals surface area (Å²) in [6.45, 7) is 0.00257. The molecule has 0 heterocycles. The van der Waals surface area contributed by atoms with Crippen molar-refractivity contribution in [2.45, 2.75) is 17.6 Å². The number of benzene rings is 3. The molecule has 3 rings (SSSR count). The quantitative estimate of drug-likeness (QED) is 0.475. The van der Waals surface area contributed by atoms with Gasteiger partial charge in [0, 0.05) is 12.1 Å². The Kier molecular flexibility index (Phi) is 7.31. The molecule has 0 aliphatic rings.